The van der Waals surface area contributed by atoms with Gasteiger partial charge in [-0.3, -0.25) is 9.59 Å². The van der Waals surface area contributed by atoms with Gasteiger partial charge in [0.15, 0.2) is 11.4 Å². The molecule has 0 aliphatic heterocycles. The predicted octanol–water partition coefficient (Wildman–Crippen LogP) is 3.04. The third-order valence-corrected chi connectivity index (χ3v) is 10.2. The summed E-state index contributed by atoms with van der Waals surface area (Å²) in [5.41, 5.74) is -4.51. The van der Waals surface area contributed by atoms with Gasteiger partial charge < -0.3 is 24.8 Å². The molecule has 0 radical (unpaired) electrons. The van der Waals surface area contributed by atoms with E-state index < -0.39 is 76.3 Å². The Bertz CT molecular complexity index is 1150. The molecular formula is C30H42O8. The Morgan fingerprint density at radius 3 is 2.42 bits per heavy atom. The molecule has 8 nitrogen and oxygen atoms in total. The monoisotopic (exact) mass is 530 g/mol. The van der Waals surface area contributed by atoms with E-state index in [1.165, 1.54) is 0 Å². The molecule has 2 saturated carbocycles. The average Bonchev–Trinajstić information content (AvgIpc) is 3.30. The number of esters is 2. The zero-order valence-corrected chi connectivity index (χ0v) is 23.7. The second-order valence-electron chi connectivity index (χ2n) is 12.5. The van der Waals surface area contributed by atoms with Crippen LogP contribution in [0.5, 0.6) is 0 Å². The van der Waals surface area contributed by atoms with Crippen molar-refractivity contribution in [1.82, 2.24) is 0 Å². The number of aliphatic hydroxyl groups excluding tert-OH is 1. The van der Waals surface area contributed by atoms with E-state index in [0.29, 0.717) is 23.1 Å². The Labute approximate surface area is 224 Å². The molecule has 0 aromatic carbocycles. The Kier molecular flexibility index (Phi) is 6.90. The molecule has 0 heterocycles. The van der Waals surface area contributed by atoms with Crippen LogP contribution in [-0.4, -0.2) is 62.6 Å². The summed E-state index contributed by atoms with van der Waals surface area (Å²) in [6, 6.07) is 0. The number of aliphatic hydroxyl groups is 3. The summed E-state index contributed by atoms with van der Waals surface area (Å²) in [4.78, 5) is 39.6. The lowest BCUT2D eigenvalue weighted by molar-refractivity contribution is -0.228. The molecule has 0 unspecified atom stereocenters. The maximum atomic E-state index is 13.3. The number of carbonyl (C=O) groups is 3. The minimum atomic E-state index is -1.95. The number of fused-ring (bicyclic) bond motifs is 5. The summed E-state index contributed by atoms with van der Waals surface area (Å²) in [6.45, 7) is 13.8. The first-order valence-electron chi connectivity index (χ1n) is 13.6. The van der Waals surface area contributed by atoms with Crippen molar-refractivity contribution in [3.05, 3.63) is 34.9 Å². The summed E-state index contributed by atoms with van der Waals surface area (Å²) in [5, 5.41) is 34.7. The molecule has 2 fully saturated rings. The van der Waals surface area contributed by atoms with Gasteiger partial charge in [0.2, 0.25) is 0 Å². The molecule has 0 aromatic rings. The summed E-state index contributed by atoms with van der Waals surface area (Å²) in [5.74, 6) is -4.91. The zero-order chi connectivity index (χ0) is 28.6. The van der Waals surface area contributed by atoms with Crippen molar-refractivity contribution in [2.45, 2.75) is 91.1 Å². The zero-order valence-electron chi connectivity index (χ0n) is 23.7. The Balaban J connectivity index is 1.95. The van der Waals surface area contributed by atoms with Gasteiger partial charge in [-0.2, -0.15) is 0 Å². The molecule has 0 spiro atoms. The van der Waals surface area contributed by atoms with Crippen molar-refractivity contribution in [1.29, 1.82) is 0 Å². The molecule has 0 saturated heterocycles. The normalized spacial score (nSPS) is 42.0. The number of hydrogen-bond donors (Lipinski definition) is 3. The molecule has 9 atom stereocenters. The highest BCUT2D eigenvalue weighted by Crippen LogP contribution is 2.77. The molecule has 4 aliphatic carbocycles. The van der Waals surface area contributed by atoms with E-state index in [0.717, 1.165) is 0 Å². The number of ketones is 1. The molecule has 0 amide bonds. The van der Waals surface area contributed by atoms with Crippen molar-refractivity contribution < 1.29 is 39.2 Å². The van der Waals surface area contributed by atoms with Gasteiger partial charge in [-0.15, -0.1) is 0 Å². The van der Waals surface area contributed by atoms with Crippen molar-refractivity contribution in [3.8, 4) is 0 Å². The van der Waals surface area contributed by atoms with E-state index >= 15 is 0 Å². The van der Waals surface area contributed by atoms with Gasteiger partial charge in [-0.25, -0.2) is 4.79 Å². The predicted molar refractivity (Wildman–Crippen MR) is 139 cm³/mol. The van der Waals surface area contributed by atoms with E-state index in [9.17, 15) is 29.7 Å². The van der Waals surface area contributed by atoms with Gasteiger partial charge in [0.25, 0.3) is 0 Å². The van der Waals surface area contributed by atoms with Crippen LogP contribution in [0.4, 0.5) is 0 Å². The van der Waals surface area contributed by atoms with Crippen LogP contribution in [0.1, 0.15) is 68.2 Å². The summed E-state index contributed by atoms with van der Waals surface area (Å²) < 4.78 is 12.4. The molecule has 0 aromatic heterocycles. The Hall–Kier alpha value is -2.29. The number of carbonyl (C=O) groups excluding carboxylic acids is 3. The smallest absolute Gasteiger partial charge is 0.333 e. The first-order chi connectivity index (χ1) is 17.6. The Morgan fingerprint density at radius 2 is 1.87 bits per heavy atom. The van der Waals surface area contributed by atoms with Crippen LogP contribution in [0.3, 0.4) is 0 Å². The lowest BCUT2D eigenvalue weighted by Gasteiger charge is -2.53. The molecule has 3 N–H and O–H groups in total. The van der Waals surface area contributed by atoms with E-state index in [2.05, 4.69) is 0 Å². The second-order valence-corrected chi connectivity index (χ2v) is 12.5. The van der Waals surface area contributed by atoms with E-state index in [-0.39, 0.29) is 12.3 Å². The van der Waals surface area contributed by atoms with Crippen LogP contribution in [0.25, 0.3) is 0 Å². The molecule has 4 rings (SSSR count). The maximum Gasteiger partial charge on any atom is 0.333 e. The molecule has 210 valence electrons. The number of rotatable bonds is 6. The highest BCUT2D eigenvalue weighted by molar-refractivity contribution is 6.04. The standard InChI is InChI=1S/C30H42O8/c1-9-15(3)25(33)37-24-18(6)29(36)20(22-27(7,8)30(22,24)38-26(34)16(4)10-2)12-19(14-31)13-28(35)21(29)11-17(5)23(28)32/h9,11-12,16,18,20-22,24,31,35-36H,10,13-14H2,1-8H3/b15-9+/t16-,18+,20-,21-,22+,24+,28+,29+,30+/m0/s1. The van der Waals surface area contributed by atoms with Crippen molar-refractivity contribution in [2.75, 3.05) is 6.61 Å². The van der Waals surface area contributed by atoms with Crippen LogP contribution in [0, 0.1) is 35.0 Å². The van der Waals surface area contributed by atoms with Gasteiger partial charge in [0.05, 0.1) is 18.1 Å². The fourth-order valence-electron chi connectivity index (χ4n) is 7.58. The molecule has 8 heteroatoms. The number of Topliss-reactive ketones (excluding diaryl/α,β-unsaturated/α-hetero) is 1. The van der Waals surface area contributed by atoms with Gasteiger partial charge in [-0.05, 0) is 38.3 Å². The fourth-order valence-corrected chi connectivity index (χ4v) is 7.58. The SMILES string of the molecule is C/C=C(\C)C(=O)O[C@@H]1[C@@H](C)[C@]2(O)[C@H]3C=C(C)C(=O)[C@@]3(O)CC(CO)=C[C@H]2[C@@H]2C(C)(C)[C@]12OC(=O)[C@@H](C)CC. The third kappa shape index (κ3) is 3.56. The van der Waals surface area contributed by atoms with E-state index in [1.54, 1.807) is 52.8 Å². The molecular weight excluding hydrogens is 488 g/mol. The van der Waals surface area contributed by atoms with Gasteiger partial charge in [0, 0.05) is 41.1 Å². The maximum absolute atomic E-state index is 13.3. The topological polar surface area (TPSA) is 130 Å². The lowest BCUT2D eigenvalue weighted by Crippen LogP contribution is -2.66. The molecule has 38 heavy (non-hydrogen) atoms. The summed E-state index contributed by atoms with van der Waals surface area (Å²) >= 11 is 0. The molecule has 0 bridgehead atoms. The quantitative estimate of drug-likeness (QED) is 0.271. The highest BCUT2D eigenvalue weighted by atomic mass is 16.6. The van der Waals surface area contributed by atoms with Gasteiger partial charge in [0.1, 0.15) is 11.7 Å². The van der Waals surface area contributed by atoms with Crippen LogP contribution in [0.2, 0.25) is 0 Å². The average molecular weight is 531 g/mol. The Morgan fingerprint density at radius 1 is 1.24 bits per heavy atom. The van der Waals surface area contributed by atoms with Gasteiger partial charge in [-0.1, -0.05) is 52.8 Å². The minimum absolute atomic E-state index is 0.124. The van der Waals surface area contributed by atoms with Crippen molar-refractivity contribution in [3.63, 3.8) is 0 Å². The van der Waals surface area contributed by atoms with Gasteiger partial charge >= 0.3 is 11.9 Å². The van der Waals surface area contributed by atoms with Crippen LogP contribution >= 0.6 is 0 Å². The lowest BCUT2D eigenvalue weighted by atomic mass is 9.59. The highest BCUT2D eigenvalue weighted by Gasteiger charge is 2.88. The summed E-state index contributed by atoms with van der Waals surface area (Å²) in [6.07, 6.45) is 4.40. The second kappa shape index (κ2) is 9.14. The number of ether oxygens (including phenoxy) is 2. The first kappa shape index (κ1) is 28.7. The van der Waals surface area contributed by atoms with Crippen LogP contribution in [-0.2, 0) is 23.9 Å². The van der Waals surface area contributed by atoms with Crippen molar-refractivity contribution in [2.24, 2.45) is 35.0 Å². The minimum Gasteiger partial charge on any atom is -0.454 e. The van der Waals surface area contributed by atoms with E-state index in [4.69, 9.17) is 9.47 Å². The number of hydrogen-bond acceptors (Lipinski definition) is 8. The molecule has 4 aliphatic rings. The van der Waals surface area contributed by atoms with Crippen LogP contribution < -0.4 is 0 Å². The first-order valence-corrected chi connectivity index (χ1v) is 13.6. The van der Waals surface area contributed by atoms with Crippen molar-refractivity contribution >= 4 is 17.7 Å². The number of allylic oxidation sites excluding steroid dienone is 1. The van der Waals surface area contributed by atoms with E-state index in [1.807, 2.05) is 20.8 Å². The largest absolute Gasteiger partial charge is 0.454 e. The third-order valence-electron chi connectivity index (χ3n) is 10.2. The van der Waals surface area contributed by atoms with Crippen LogP contribution in [0.15, 0.2) is 34.9 Å². The fraction of sp³-hybridized carbons (Fsp3) is 0.700. The summed E-state index contributed by atoms with van der Waals surface area (Å²) in [7, 11) is 0.